The van der Waals surface area contributed by atoms with Crippen LogP contribution >= 0.6 is 0 Å². The maximum atomic E-state index is 11.2. The van der Waals surface area contributed by atoms with Crippen molar-refractivity contribution < 1.29 is 13.2 Å². The minimum Gasteiger partial charge on any atom is -0.493 e. The van der Waals surface area contributed by atoms with Crippen LogP contribution < -0.4 is 4.74 Å². The van der Waals surface area contributed by atoms with E-state index in [1.54, 1.807) is 0 Å². The SMILES string of the molecule is CCCOc1cccc2c1ccn2CCS(C)(=O)=O. The van der Waals surface area contributed by atoms with Crippen molar-refractivity contribution in [2.75, 3.05) is 18.6 Å². The van der Waals surface area contributed by atoms with E-state index >= 15 is 0 Å². The van der Waals surface area contributed by atoms with Gasteiger partial charge < -0.3 is 9.30 Å². The molecule has 0 saturated carbocycles. The maximum absolute atomic E-state index is 11.2. The molecule has 1 heterocycles. The summed E-state index contributed by atoms with van der Waals surface area (Å²) in [6.45, 7) is 3.23. The fourth-order valence-corrected chi connectivity index (χ4v) is 2.52. The predicted octanol–water partition coefficient (Wildman–Crippen LogP) is 2.47. The Bertz CT molecular complexity index is 658. The summed E-state index contributed by atoms with van der Waals surface area (Å²) in [6, 6.07) is 7.84. The largest absolute Gasteiger partial charge is 0.493 e. The molecule has 0 aliphatic carbocycles. The lowest BCUT2D eigenvalue weighted by molar-refractivity contribution is 0.321. The number of benzene rings is 1. The third-order valence-corrected chi connectivity index (χ3v) is 3.86. The van der Waals surface area contributed by atoms with Crippen molar-refractivity contribution in [3.8, 4) is 5.75 Å². The lowest BCUT2D eigenvalue weighted by atomic mass is 10.2. The highest BCUT2D eigenvalue weighted by Gasteiger charge is 2.08. The van der Waals surface area contributed by atoms with Gasteiger partial charge >= 0.3 is 0 Å². The van der Waals surface area contributed by atoms with Gasteiger partial charge in [-0.1, -0.05) is 13.0 Å². The second-order valence-corrected chi connectivity index (χ2v) is 6.94. The molecule has 0 fully saturated rings. The van der Waals surface area contributed by atoms with E-state index in [4.69, 9.17) is 4.74 Å². The molecule has 0 N–H and O–H groups in total. The molecule has 0 aliphatic heterocycles. The number of hydrogen-bond donors (Lipinski definition) is 0. The van der Waals surface area contributed by atoms with Crippen molar-refractivity contribution in [3.05, 3.63) is 30.5 Å². The predicted molar refractivity (Wildman–Crippen MR) is 77.4 cm³/mol. The molecule has 0 saturated heterocycles. The Morgan fingerprint density at radius 1 is 1.26 bits per heavy atom. The van der Waals surface area contributed by atoms with Gasteiger partial charge in [0.2, 0.25) is 0 Å². The zero-order valence-corrected chi connectivity index (χ0v) is 12.1. The lowest BCUT2D eigenvalue weighted by Gasteiger charge is -2.08. The van der Waals surface area contributed by atoms with E-state index in [0.29, 0.717) is 13.2 Å². The van der Waals surface area contributed by atoms with Gasteiger partial charge in [0, 0.05) is 24.4 Å². The average molecular weight is 281 g/mol. The summed E-state index contributed by atoms with van der Waals surface area (Å²) in [7, 11) is -2.95. The van der Waals surface area contributed by atoms with E-state index in [0.717, 1.165) is 23.1 Å². The van der Waals surface area contributed by atoms with Crippen LogP contribution in [0.2, 0.25) is 0 Å². The van der Waals surface area contributed by atoms with Gasteiger partial charge in [0.25, 0.3) is 0 Å². The summed E-state index contributed by atoms with van der Waals surface area (Å²) in [5.74, 6) is 1.01. The number of hydrogen-bond acceptors (Lipinski definition) is 3. The van der Waals surface area contributed by atoms with Crippen molar-refractivity contribution in [1.82, 2.24) is 4.57 Å². The first-order chi connectivity index (χ1) is 9.01. The summed E-state index contributed by atoms with van der Waals surface area (Å²) in [6.07, 6.45) is 4.13. The van der Waals surface area contributed by atoms with E-state index in [1.165, 1.54) is 6.26 Å². The van der Waals surface area contributed by atoms with Crippen LogP contribution in [0.3, 0.4) is 0 Å². The van der Waals surface area contributed by atoms with Gasteiger partial charge in [0.1, 0.15) is 15.6 Å². The van der Waals surface area contributed by atoms with Crippen LogP contribution in [0.25, 0.3) is 10.9 Å². The Kier molecular flexibility index (Phi) is 4.14. The van der Waals surface area contributed by atoms with E-state index in [2.05, 4.69) is 6.92 Å². The van der Waals surface area contributed by atoms with Crippen LogP contribution in [-0.4, -0.2) is 31.6 Å². The third-order valence-electron chi connectivity index (χ3n) is 2.94. The number of fused-ring (bicyclic) bond motifs is 1. The van der Waals surface area contributed by atoms with Gasteiger partial charge in [-0.15, -0.1) is 0 Å². The molecule has 1 aromatic heterocycles. The normalized spacial score (nSPS) is 11.9. The zero-order chi connectivity index (χ0) is 13.9. The molecule has 0 atom stereocenters. The van der Waals surface area contributed by atoms with Crippen molar-refractivity contribution in [2.24, 2.45) is 0 Å². The summed E-state index contributed by atoms with van der Waals surface area (Å²) >= 11 is 0. The highest BCUT2D eigenvalue weighted by molar-refractivity contribution is 7.90. The van der Waals surface area contributed by atoms with Crippen LogP contribution in [-0.2, 0) is 16.4 Å². The molecule has 2 aromatic rings. The van der Waals surface area contributed by atoms with Crippen LogP contribution in [0.4, 0.5) is 0 Å². The molecule has 0 unspecified atom stereocenters. The van der Waals surface area contributed by atoms with E-state index in [9.17, 15) is 8.42 Å². The van der Waals surface area contributed by atoms with Gasteiger partial charge in [-0.3, -0.25) is 0 Å². The second-order valence-electron chi connectivity index (χ2n) is 4.68. The zero-order valence-electron chi connectivity index (χ0n) is 11.3. The van der Waals surface area contributed by atoms with Crippen LogP contribution in [0.1, 0.15) is 13.3 Å². The smallest absolute Gasteiger partial charge is 0.149 e. The number of ether oxygens (including phenoxy) is 1. The first-order valence-electron chi connectivity index (χ1n) is 6.39. The van der Waals surface area contributed by atoms with E-state index in [-0.39, 0.29) is 5.75 Å². The quantitative estimate of drug-likeness (QED) is 0.817. The van der Waals surface area contributed by atoms with Crippen LogP contribution in [0, 0.1) is 0 Å². The van der Waals surface area contributed by atoms with E-state index in [1.807, 2.05) is 35.0 Å². The minimum atomic E-state index is -2.95. The topological polar surface area (TPSA) is 48.3 Å². The van der Waals surface area contributed by atoms with Crippen molar-refractivity contribution in [2.45, 2.75) is 19.9 Å². The Balaban J connectivity index is 2.28. The number of aryl methyl sites for hydroxylation is 1. The molecular formula is C14H19NO3S. The summed E-state index contributed by atoms with van der Waals surface area (Å²) in [4.78, 5) is 0. The lowest BCUT2D eigenvalue weighted by Crippen LogP contribution is -2.10. The second kappa shape index (κ2) is 5.65. The van der Waals surface area contributed by atoms with Gasteiger partial charge in [-0.05, 0) is 24.6 Å². The van der Waals surface area contributed by atoms with Gasteiger partial charge in [-0.25, -0.2) is 8.42 Å². The molecule has 0 radical (unpaired) electrons. The van der Waals surface area contributed by atoms with E-state index < -0.39 is 9.84 Å². The molecular weight excluding hydrogens is 262 g/mol. The summed E-state index contributed by atoms with van der Waals surface area (Å²) in [5.41, 5.74) is 1.01. The van der Waals surface area contributed by atoms with Gasteiger partial charge in [0.15, 0.2) is 0 Å². The highest BCUT2D eigenvalue weighted by Crippen LogP contribution is 2.26. The number of aromatic nitrogens is 1. The molecule has 0 spiro atoms. The number of rotatable bonds is 6. The van der Waals surface area contributed by atoms with Crippen molar-refractivity contribution in [3.63, 3.8) is 0 Å². The Labute approximate surface area is 113 Å². The Hall–Kier alpha value is -1.49. The molecule has 0 amide bonds. The Morgan fingerprint density at radius 3 is 2.74 bits per heavy atom. The number of nitrogens with zero attached hydrogens (tertiary/aromatic N) is 1. The minimum absolute atomic E-state index is 0.150. The maximum Gasteiger partial charge on any atom is 0.149 e. The summed E-state index contributed by atoms with van der Waals surface area (Å²) < 4.78 is 30.1. The molecule has 1 aromatic carbocycles. The molecule has 0 bridgehead atoms. The van der Waals surface area contributed by atoms with Crippen molar-refractivity contribution in [1.29, 1.82) is 0 Å². The highest BCUT2D eigenvalue weighted by atomic mass is 32.2. The average Bonchev–Trinajstić information content (AvgIpc) is 2.76. The molecule has 4 nitrogen and oxygen atoms in total. The molecule has 5 heteroatoms. The summed E-state index contributed by atoms with van der Waals surface area (Å²) in [5, 5.41) is 1.03. The first kappa shape index (κ1) is 13.9. The molecule has 19 heavy (non-hydrogen) atoms. The van der Waals surface area contributed by atoms with Crippen molar-refractivity contribution >= 4 is 20.7 Å². The van der Waals surface area contributed by atoms with Crippen LogP contribution in [0.15, 0.2) is 30.5 Å². The van der Waals surface area contributed by atoms with Gasteiger partial charge in [-0.2, -0.15) is 0 Å². The number of sulfone groups is 1. The first-order valence-corrected chi connectivity index (χ1v) is 8.45. The fourth-order valence-electron chi connectivity index (χ4n) is 1.99. The standard InChI is InChI=1S/C14H19NO3S/c1-3-10-18-14-6-4-5-13-12(14)7-8-15(13)9-11-19(2,16)17/h4-8H,3,9-11H2,1-2H3. The third kappa shape index (κ3) is 3.50. The monoisotopic (exact) mass is 281 g/mol. The van der Waals surface area contributed by atoms with Crippen LogP contribution in [0.5, 0.6) is 5.75 Å². The fraction of sp³-hybridized carbons (Fsp3) is 0.429. The van der Waals surface area contributed by atoms with Gasteiger partial charge in [0.05, 0.1) is 17.9 Å². The Morgan fingerprint density at radius 2 is 2.05 bits per heavy atom. The molecule has 0 aliphatic rings. The molecule has 2 rings (SSSR count). The molecule has 104 valence electrons.